The van der Waals surface area contributed by atoms with Crippen LogP contribution in [0.1, 0.15) is 35.8 Å². The third kappa shape index (κ3) is 3.92. The minimum atomic E-state index is -0.0680. The van der Waals surface area contributed by atoms with E-state index in [1.165, 1.54) is 0 Å². The van der Waals surface area contributed by atoms with Gasteiger partial charge in [-0.1, -0.05) is 12.1 Å². The van der Waals surface area contributed by atoms with E-state index in [1.807, 2.05) is 52.8 Å². The van der Waals surface area contributed by atoms with Crippen LogP contribution >= 0.6 is 0 Å². The van der Waals surface area contributed by atoms with Crippen LogP contribution in [0.25, 0.3) is 11.1 Å². The highest BCUT2D eigenvalue weighted by atomic mass is 16.5. The molecule has 2 amide bonds. The zero-order valence-electron chi connectivity index (χ0n) is 17.4. The van der Waals surface area contributed by atoms with Gasteiger partial charge in [0.05, 0.1) is 18.9 Å². The lowest BCUT2D eigenvalue weighted by Crippen LogP contribution is -2.43. The van der Waals surface area contributed by atoms with E-state index in [-0.39, 0.29) is 17.7 Å². The Kier molecular flexibility index (Phi) is 5.79. The molecular formula is C23H27N3O4. The maximum atomic E-state index is 13.0. The van der Waals surface area contributed by atoms with Gasteiger partial charge in [0, 0.05) is 44.2 Å². The lowest BCUT2D eigenvalue weighted by molar-refractivity contribution is -0.126. The number of methoxy groups -OCH3 is 1. The summed E-state index contributed by atoms with van der Waals surface area (Å²) in [6.07, 6.45) is 2.98. The summed E-state index contributed by atoms with van der Waals surface area (Å²) in [6.45, 7) is 4.37. The van der Waals surface area contributed by atoms with Crippen molar-refractivity contribution in [1.29, 1.82) is 0 Å². The Bertz CT molecular complexity index is 1030. The molecule has 2 aromatic heterocycles. The first kappa shape index (κ1) is 20.1. The topological polar surface area (TPSA) is 76.7 Å². The van der Waals surface area contributed by atoms with E-state index in [0.717, 1.165) is 22.4 Å². The molecule has 0 saturated carbocycles. The van der Waals surface area contributed by atoms with Gasteiger partial charge in [0.25, 0.3) is 5.91 Å². The summed E-state index contributed by atoms with van der Waals surface area (Å²) >= 11 is 0. The summed E-state index contributed by atoms with van der Waals surface area (Å²) in [6, 6.07) is 11.4. The van der Waals surface area contributed by atoms with Gasteiger partial charge in [-0.05, 0) is 37.5 Å². The molecule has 0 atom stereocenters. The fourth-order valence-electron chi connectivity index (χ4n) is 4.08. The fourth-order valence-corrected chi connectivity index (χ4v) is 4.08. The third-order valence-corrected chi connectivity index (χ3v) is 5.84. The maximum absolute atomic E-state index is 13.0. The summed E-state index contributed by atoms with van der Waals surface area (Å²) in [5.74, 6) is 0.776. The number of hydrogen-bond acceptors (Lipinski definition) is 4. The normalized spacial score (nSPS) is 14.8. The molecule has 0 bridgehead atoms. The van der Waals surface area contributed by atoms with Gasteiger partial charge in [-0.15, -0.1) is 0 Å². The molecule has 1 fully saturated rings. The highest BCUT2D eigenvalue weighted by molar-refractivity contribution is 5.97. The van der Waals surface area contributed by atoms with Crippen LogP contribution in [-0.4, -0.2) is 41.5 Å². The van der Waals surface area contributed by atoms with E-state index < -0.39 is 0 Å². The number of furan rings is 1. The minimum absolute atomic E-state index is 0.000316. The first-order valence-electron chi connectivity index (χ1n) is 10.4. The van der Waals surface area contributed by atoms with E-state index in [9.17, 15) is 9.59 Å². The minimum Gasteiger partial charge on any atom is -0.497 e. The Hall–Kier alpha value is -3.22. The summed E-state index contributed by atoms with van der Waals surface area (Å²) in [7, 11) is 1.63. The zero-order valence-corrected chi connectivity index (χ0v) is 17.4. The van der Waals surface area contributed by atoms with Crippen LogP contribution in [0.5, 0.6) is 5.75 Å². The van der Waals surface area contributed by atoms with Crippen LogP contribution in [0.2, 0.25) is 0 Å². The number of hydrogen-bond donors (Lipinski definition) is 1. The van der Waals surface area contributed by atoms with Crippen LogP contribution in [0.4, 0.5) is 0 Å². The third-order valence-electron chi connectivity index (χ3n) is 5.84. The van der Waals surface area contributed by atoms with Gasteiger partial charge < -0.3 is 23.9 Å². The number of amides is 2. The van der Waals surface area contributed by atoms with Crippen molar-refractivity contribution in [2.24, 2.45) is 5.92 Å². The highest BCUT2D eigenvalue weighted by Gasteiger charge is 2.29. The molecule has 7 heteroatoms. The van der Waals surface area contributed by atoms with Crippen molar-refractivity contribution in [3.05, 3.63) is 53.9 Å². The van der Waals surface area contributed by atoms with Crippen LogP contribution in [0, 0.1) is 5.92 Å². The lowest BCUT2D eigenvalue weighted by atomic mass is 9.95. The van der Waals surface area contributed by atoms with E-state index >= 15 is 0 Å². The van der Waals surface area contributed by atoms with Gasteiger partial charge in [0.15, 0.2) is 5.58 Å². The van der Waals surface area contributed by atoms with Gasteiger partial charge in [-0.25, -0.2) is 0 Å². The van der Waals surface area contributed by atoms with Crippen molar-refractivity contribution in [3.63, 3.8) is 0 Å². The molecule has 7 nitrogen and oxygen atoms in total. The summed E-state index contributed by atoms with van der Waals surface area (Å²) in [5, 5.41) is 3.01. The Balaban J connectivity index is 1.31. The predicted molar refractivity (Wildman–Crippen MR) is 113 cm³/mol. The number of ether oxygens (including phenoxy) is 1. The Morgan fingerprint density at radius 3 is 2.57 bits per heavy atom. The average Bonchev–Trinajstić information content (AvgIpc) is 3.38. The maximum Gasteiger partial charge on any atom is 0.270 e. The van der Waals surface area contributed by atoms with Gasteiger partial charge in [0.1, 0.15) is 11.4 Å². The standard InChI is InChI=1S/C23H27N3O4/c1-3-26-19-10-13-30-21(19)14-20(26)23(28)25-11-8-17(9-12-25)22(27)24-15-16-4-6-18(29-2)7-5-16/h4-7,10,13-14,17H,3,8-9,11-12,15H2,1-2H3,(H,24,27). The molecule has 1 aromatic carbocycles. The zero-order chi connectivity index (χ0) is 21.1. The van der Waals surface area contributed by atoms with E-state index in [4.69, 9.17) is 9.15 Å². The van der Waals surface area contributed by atoms with Gasteiger partial charge in [-0.3, -0.25) is 9.59 Å². The number of benzene rings is 1. The molecule has 0 radical (unpaired) electrons. The Morgan fingerprint density at radius 1 is 1.17 bits per heavy atom. The number of carbonyl (C=O) groups is 2. The predicted octanol–water partition coefficient (Wildman–Crippen LogP) is 3.43. The van der Waals surface area contributed by atoms with Crippen molar-refractivity contribution in [3.8, 4) is 5.75 Å². The van der Waals surface area contributed by atoms with Crippen molar-refractivity contribution in [1.82, 2.24) is 14.8 Å². The van der Waals surface area contributed by atoms with Crippen molar-refractivity contribution in [2.45, 2.75) is 32.9 Å². The van der Waals surface area contributed by atoms with Crippen LogP contribution in [-0.2, 0) is 17.9 Å². The smallest absolute Gasteiger partial charge is 0.270 e. The van der Waals surface area contributed by atoms with Gasteiger partial charge in [0.2, 0.25) is 5.91 Å². The van der Waals surface area contributed by atoms with Crippen LogP contribution < -0.4 is 10.1 Å². The molecule has 1 aliphatic heterocycles. The first-order valence-corrected chi connectivity index (χ1v) is 10.4. The second-order valence-electron chi connectivity index (χ2n) is 7.58. The number of likely N-dealkylation sites (tertiary alicyclic amines) is 1. The number of aromatic nitrogens is 1. The van der Waals surface area contributed by atoms with E-state index in [1.54, 1.807) is 13.4 Å². The first-order chi connectivity index (χ1) is 14.6. The molecule has 30 heavy (non-hydrogen) atoms. The molecule has 3 aromatic rings. The Labute approximate surface area is 175 Å². The van der Waals surface area contributed by atoms with E-state index in [0.29, 0.717) is 44.7 Å². The number of carbonyl (C=O) groups excluding carboxylic acids is 2. The number of nitrogens with zero attached hydrogens (tertiary/aromatic N) is 2. The monoisotopic (exact) mass is 409 g/mol. The molecule has 1 N–H and O–H groups in total. The molecule has 1 aliphatic rings. The summed E-state index contributed by atoms with van der Waals surface area (Å²) < 4.78 is 12.6. The molecule has 0 unspecified atom stereocenters. The molecule has 1 saturated heterocycles. The molecule has 4 rings (SSSR count). The SMILES string of the molecule is CCn1c(C(=O)N2CCC(C(=O)NCc3ccc(OC)cc3)CC2)cc2occc21. The van der Waals surface area contributed by atoms with Gasteiger partial charge in [-0.2, -0.15) is 0 Å². The highest BCUT2D eigenvalue weighted by Crippen LogP contribution is 2.25. The fraction of sp³-hybridized carbons (Fsp3) is 0.391. The average molecular weight is 409 g/mol. The molecule has 0 spiro atoms. The van der Waals surface area contributed by atoms with Crippen molar-refractivity contribution < 1.29 is 18.7 Å². The van der Waals surface area contributed by atoms with Crippen LogP contribution in [0.15, 0.2) is 47.1 Å². The number of piperidine rings is 1. The summed E-state index contributed by atoms with van der Waals surface area (Å²) in [5.41, 5.74) is 3.34. The number of fused-ring (bicyclic) bond motifs is 1. The quantitative estimate of drug-likeness (QED) is 0.677. The largest absolute Gasteiger partial charge is 0.497 e. The lowest BCUT2D eigenvalue weighted by Gasteiger charge is -2.31. The number of nitrogens with one attached hydrogen (secondary N) is 1. The Morgan fingerprint density at radius 2 is 1.90 bits per heavy atom. The van der Waals surface area contributed by atoms with Crippen molar-refractivity contribution in [2.75, 3.05) is 20.2 Å². The van der Waals surface area contributed by atoms with Crippen LogP contribution in [0.3, 0.4) is 0 Å². The number of rotatable bonds is 6. The second kappa shape index (κ2) is 8.65. The van der Waals surface area contributed by atoms with Crippen molar-refractivity contribution >= 4 is 22.9 Å². The van der Waals surface area contributed by atoms with Gasteiger partial charge >= 0.3 is 0 Å². The summed E-state index contributed by atoms with van der Waals surface area (Å²) in [4.78, 5) is 27.4. The molecule has 3 heterocycles. The molecule has 0 aliphatic carbocycles. The number of aryl methyl sites for hydroxylation is 1. The second-order valence-corrected chi connectivity index (χ2v) is 7.58. The molecular weight excluding hydrogens is 382 g/mol. The molecule has 158 valence electrons. The van der Waals surface area contributed by atoms with E-state index in [2.05, 4.69) is 5.32 Å².